The summed E-state index contributed by atoms with van der Waals surface area (Å²) in [5, 5.41) is 2.99. The summed E-state index contributed by atoms with van der Waals surface area (Å²) in [7, 11) is 2.79. The van der Waals surface area contributed by atoms with Crippen LogP contribution >= 0.6 is 0 Å². The van der Waals surface area contributed by atoms with Crippen molar-refractivity contribution in [3.05, 3.63) is 65.0 Å². The molecule has 1 N–H and O–H groups in total. The third-order valence-electron chi connectivity index (χ3n) is 5.64. The van der Waals surface area contributed by atoms with E-state index in [2.05, 4.69) is 5.32 Å². The molecule has 5 nitrogen and oxygen atoms in total. The largest absolute Gasteiger partial charge is 0.496 e. The molecule has 0 unspecified atom stereocenters. The molecule has 2 aromatic rings. The smallest absolute Gasteiger partial charge is 0.341 e. The van der Waals surface area contributed by atoms with Crippen LogP contribution in [0, 0.1) is 5.82 Å². The molecule has 0 spiro atoms. The van der Waals surface area contributed by atoms with Gasteiger partial charge in [0.25, 0.3) is 0 Å². The number of methoxy groups -OCH3 is 2. The van der Waals surface area contributed by atoms with Gasteiger partial charge >= 0.3 is 5.97 Å². The fraction of sp³-hybridized carbons (Fsp3) is 0.391. The van der Waals surface area contributed by atoms with Crippen molar-refractivity contribution < 1.29 is 23.5 Å². The van der Waals surface area contributed by atoms with Crippen molar-refractivity contribution in [2.24, 2.45) is 0 Å². The number of rotatable bonds is 6. The zero-order valence-corrected chi connectivity index (χ0v) is 16.8. The molecule has 29 heavy (non-hydrogen) atoms. The van der Waals surface area contributed by atoms with E-state index in [-0.39, 0.29) is 18.3 Å². The molecule has 1 aliphatic carbocycles. The molecule has 1 saturated carbocycles. The Morgan fingerprint density at radius 1 is 1.07 bits per heavy atom. The van der Waals surface area contributed by atoms with Gasteiger partial charge in [0, 0.05) is 6.54 Å². The molecule has 0 atom stereocenters. The summed E-state index contributed by atoms with van der Waals surface area (Å²) >= 11 is 0. The van der Waals surface area contributed by atoms with Crippen LogP contribution in [0.15, 0.2) is 42.5 Å². The Kier molecular flexibility index (Phi) is 6.52. The number of halogens is 1. The van der Waals surface area contributed by atoms with Gasteiger partial charge in [0.2, 0.25) is 5.91 Å². The minimum absolute atomic E-state index is 0.113. The Hall–Kier alpha value is -2.89. The van der Waals surface area contributed by atoms with Crippen molar-refractivity contribution >= 4 is 11.9 Å². The average Bonchev–Trinajstić information content (AvgIpc) is 2.77. The molecular formula is C23H26FNO4. The van der Waals surface area contributed by atoms with E-state index in [0.717, 1.165) is 30.4 Å². The van der Waals surface area contributed by atoms with Crippen LogP contribution in [0.5, 0.6) is 5.75 Å². The number of hydrogen-bond acceptors (Lipinski definition) is 4. The normalized spacial score (nSPS) is 15.4. The van der Waals surface area contributed by atoms with E-state index in [1.54, 1.807) is 24.3 Å². The van der Waals surface area contributed by atoms with Gasteiger partial charge in [0.1, 0.15) is 17.1 Å². The highest BCUT2D eigenvalue weighted by Gasteiger charge is 2.41. The van der Waals surface area contributed by atoms with E-state index in [1.807, 2.05) is 6.07 Å². The molecule has 1 aliphatic rings. The van der Waals surface area contributed by atoms with Crippen LogP contribution < -0.4 is 10.1 Å². The molecule has 0 heterocycles. The molecule has 0 radical (unpaired) electrons. The van der Waals surface area contributed by atoms with E-state index in [1.165, 1.54) is 26.4 Å². The van der Waals surface area contributed by atoms with Crippen LogP contribution in [0.1, 0.15) is 53.6 Å². The molecule has 6 heteroatoms. The predicted molar refractivity (Wildman–Crippen MR) is 107 cm³/mol. The summed E-state index contributed by atoms with van der Waals surface area (Å²) < 4.78 is 23.8. The number of hydrogen-bond donors (Lipinski definition) is 1. The maximum absolute atomic E-state index is 13.8. The second-order valence-electron chi connectivity index (χ2n) is 7.36. The van der Waals surface area contributed by atoms with Gasteiger partial charge < -0.3 is 14.8 Å². The lowest BCUT2D eigenvalue weighted by molar-refractivity contribution is -0.128. The molecule has 1 amide bonds. The lowest BCUT2D eigenvalue weighted by Crippen LogP contribution is -2.45. The number of carbonyl (C=O) groups excluding carboxylic acids is 2. The van der Waals surface area contributed by atoms with Crippen molar-refractivity contribution in [1.29, 1.82) is 0 Å². The number of amides is 1. The number of nitrogens with one attached hydrogen (secondary N) is 1. The topological polar surface area (TPSA) is 64.6 Å². The van der Waals surface area contributed by atoms with Crippen molar-refractivity contribution in [3.8, 4) is 5.75 Å². The fourth-order valence-electron chi connectivity index (χ4n) is 4.07. The third kappa shape index (κ3) is 4.42. The maximum Gasteiger partial charge on any atom is 0.341 e. The molecular weight excluding hydrogens is 373 g/mol. The molecule has 0 aromatic heterocycles. The Morgan fingerprint density at radius 2 is 1.83 bits per heavy atom. The lowest BCUT2D eigenvalue weighted by atomic mass is 9.68. The summed E-state index contributed by atoms with van der Waals surface area (Å²) in [6.07, 6.45) is 4.32. The second kappa shape index (κ2) is 9.07. The fourth-order valence-corrected chi connectivity index (χ4v) is 4.07. The van der Waals surface area contributed by atoms with Crippen LogP contribution in [-0.4, -0.2) is 26.1 Å². The number of esters is 1. The van der Waals surface area contributed by atoms with E-state index in [9.17, 15) is 14.0 Å². The van der Waals surface area contributed by atoms with Crippen LogP contribution in [0.2, 0.25) is 0 Å². The van der Waals surface area contributed by atoms with Gasteiger partial charge in [0.05, 0.1) is 19.6 Å². The van der Waals surface area contributed by atoms with Gasteiger partial charge in [-0.05, 0) is 48.2 Å². The Bertz CT molecular complexity index is 890. The molecule has 0 aliphatic heterocycles. The maximum atomic E-state index is 13.8. The second-order valence-corrected chi connectivity index (χ2v) is 7.36. The van der Waals surface area contributed by atoms with Crippen LogP contribution in [0.25, 0.3) is 0 Å². The number of benzene rings is 2. The number of ether oxygens (including phenoxy) is 2. The molecule has 3 rings (SSSR count). The van der Waals surface area contributed by atoms with Gasteiger partial charge in [-0.1, -0.05) is 37.5 Å². The number of carbonyl (C=O) groups is 2. The van der Waals surface area contributed by atoms with Gasteiger partial charge in [-0.2, -0.15) is 0 Å². The monoisotopic (exact) mass is 399 g/mol. The summed E-state index contributed by atoms with van der Waals surface area (Å²) in [6.45, 7) is 0.254. The Labute approximate surface area is 170 Å². The average molecular weight is 399 g/mol. The molecule has 1 fully saturated rings. The molecule has 2 aromatic carbocycles. The van der Waals surface area contributed by atoms with Gasteiger partial charge in [-0.15, -0.1) is 0 Å². The highest BCUT2D eigenvalue weighted by Crippen LogP contribution is 2.40. The van der Waals surface area contributed by atoms with Crippen molar-refractivity contribution in [2.45, 2.75) is 44.1 Å². The SMILES string of the molecule is COC(=O)c1cc(CNC(=O)C2(c3cccc(F)c3)CCCCC2)ccc1OC. The zero-order valence-electron chi connectivity index (χ0n) is 16.8. The van der Waals surface area contributed by atoms with Crippen molar-refractivity contribution in [1.82, 2.24) is 5.32 Å². The van der Waals surface area contributed by atoms with E-state index < -0.39 is 11.4 Å². The lowest BCUT2D eigenvalue weighted by Gasteiger charge is -2.36. The minimum atomic E-state index is -0.724. The first kappa shape index (κ1) is 20.8. The third-order valence-corrected chi connectivity index (χ3v) is 5.64. The molecule has 0 bridgehead atoms. The standard InChI is InChI=1S/C23H26FNO4/c1-28-20-10-9-16(13-19(20)21(26)29-2)15-25-22(27)23(11-4-3-5-12-23)17-7-6-8-18(24)14-17/h6-10,13-14H,3-5,11-12,15H2,1-2H3,(H,25,27). The van der Waals surface area contributed by atoms with Crippen molar-refractivity contribution in [2.75, 3.05) is 14.2 Å². The van der Waals surface area contributed by atoms with E-state index in [0.29, 0.717) is 24.2 Å². The van der Waals surface area contributed by atoms with Gasteiger partial charge in [-0.25, -0.2) is 9.18 Å². The Balaban J connectivity index is 1.82. The predicted octanol–water partition coefficient (Wildman–Crippen LogP) is 4.14. The van der Waals surface area contributed by atoms with E-state index in [4.69, 9.17) is 9.47 Å². The van der Waals surface area contributed by atoms with Crippen LogP contribution in [0.3, 0.4) is 0 Å². The first-order valence-corrected chi connectivity index (χ1v) is 9.80. The van der Waals surface area contributed by atoms with Gasteiger partial charge in [-0.3, -0.25) is 4.79 Å². The van der Waals surface area contributed by atoms with Crippen LogP contribution in [0.4, 0.5) is 4.39 Å². The summed E-state index contributed by atoms with van der Waals surface area (Å²) in [6, 6.07) is 11.5. The zero-order chi connectivity index (χ0) is 20.9. The van der Waals surface area contributed by atoms with Crippen molar-refractivity contribution in [3.63, 3.8) is 0 Å². The Morgan fingerprint density at radius 3 is 2.48 bits per heavy atom. The highest BCUT2D eigenvalue weighted by molar-refractivity contribution is 5.93. The minimum Gasteiger partial charge on any atom is -0.496 e. The van der Waals surface area contributed by atoms with Crippen LogP contribution in [-0.2, 0) is 21.5 Å². The first-order valence-electron chi connectivity index (χ1n) is 9.80. The quantitative estimate of drug-likeness (QED) is 0.742. The van der Waals surface area contributed by atoms with E-state index >= 15 is 0 Å². The first-order chi connectivity index (χ1) is 14.0. The molecule has 154 valence electrons. The van der Waals surface area contributed by atoms with Gasteiger partial charge in [0.15, 0.2) is 0 Å². The summed E-state index contributed by atoms with van der Waals surface area (Å²) in [5.74, 6) is -0.537. The molecule has 0 saturated heterocycles. The summed E-state index contributed by atoms with van der Waals surface area (Å²) in [5.41, 5.74) is 1.06. The summed E-state index contributed by atoms with van der Waals surface area (Å²) in [4.78, 5) is 25.2. The highest BCUT2D eigenvalue weighted by atomic mass is 19.1.